The quantitative estimate of drug-likeness (QED) is 0.403. The minimum absolute atomic E-state index is 0.0780. The largest absolute Gasteiger partial charge is 0.387 e. The van der Waals surface area contributed by atoms with E-state index in [9.17, 15) is 9.90 Å². The number of aliphatic hydroxyl groups excluding tert-OH is 1. The molecule has 1 amide bonds. The van der Waals surface area contributed by atoms with Crippen LogP contribution in [0.25, 0.3) is 11.3 Å². The highest BCUT2D eigenvalue weighted by Gasteiger charge is 2.22. The van der Waals surface area contributed by atoms with Gasteiger partial charge in [-0.05, 0) is 23.3 Å². The zero-order chi connectivity index (χ0) is 25.5. The molecule has 1 aromatic heterocycles. The smallest absolute Gasteiger partial charge is 0.257 e. The van der Waals surface area contributed by atoms with Crippen LogP contribution in [-0.4, -0.2) is 46.5 Å². The van der Waals surface area contributed by atoms with Gasteiger partial charge < -0.3 is 14.9 Å². The lowest BCUT2D eigenvalue weighted by Gasteiger charge is -2.23. The first kappa shape index (κ1) is 24.6. The lowest BCUT2D eigenvalue weighted by molar-refractivity contribution is 0.0681. The average molecular weight is 478 g/mol. The molecule has 0 bridgehead atoms. The number of carbonyl (C=O) groups is 1. The number of hydrogen-bond donors (Lipinski definition) is 1. The van der Waals surface area contributed by atoms with Crippen molar-refractivity contribution in [1.82, 2.24) is 14.9 Å². The van der Waals surface area contributed by atoms with Gasteiger partial charge in [0.2, 0.25) is 5.95 Å². The molecular formula is C29H27N5O2. The number of rotatable bonds is 8. The molecule has 0 radical (unpaired) electrons. The summed E-state index contributed by atoms with van der Waals surface area (Å²) in [5.41, 5.74) is 3.96. The van der Waals surface area contributed by atoms with Gasteiger partial charge in [0.15, 0.2) is 0 Å². The molecule has 180 valence electrons. The number of anilines is 1. The molecule has 7 nitrogen and oxygen atoms in total. The van der Waals surface area contributed by atoms with E-state index >= 15 is 0 Å². The number of hydrogen-bond acceptors (Lipinski definition) is 6. The second-order valence-electron chi connectivity index (χ2n) is 8.58. The average Bonchev–Trinajstić information content (AvgIpc) is 2.93. The first-order chi connectivity index (χ1) is 17.5. The summed E-state index contributed by atoms with van der Waals surface area (Å²) >= 11 is 0. The van der Waals surface area contributed by atoms with Crippen molar-refractivity contribution >= 4 is 11.9 Å². The van der Waals surface area contributed by atoms with E-state index in [0.717, 1.165) is 11.1 Å². The summed E-state index contributed by atoms with van der Waals surface area (Å²) in [4.78, 5) is 26.1. The molecule has 1 heterocycles. The molecule has 0 aliphatic heterocycles. The van der Waals surface area contributed by atoms with Gasteiger partial charge in [-0.1, -0.05) is 72.8 Å². The van der Waals surface area contributed by atoms with Crippen molar-refractivity contribution in [3.8, 4) is 17.3 Å². The Kier molecular flexibility index (Phi) is 7.69. The Balaban J connectivity index is 1.59. The number of likely N-dealkylation sites (N-methyl/N-ethyl adjacent to an activating group) is 1. The van der Waals surface area contributed by atoms with E-state index in [-0.39, 0.29) is 12.5 Å². The summed E-state index contributed by atoms with van der Waals surface area (Å²) in [6.45, 7) is 0.702. The van der Waals surface area contributed by atoms with Crippen LogP contribution in [0.1, 0.15) is 33.2 Å². The standard InChI is InChI=1S/C29H27N5O2/c1-33(20-26(35)23-15-13-21(17-30)14-16-23)28(36)25-18-31-29(32-27(25)24-11-7-4-8-12-24)34(2)19-22-9-5-3-6-10-22/h3-16,18,26,35H,19-20H2,1-2H3. The lowest BCUT2D eigenvalue weighted by Crippen LogP contribution is -2.32. The molecule has 0 aliphatic rings. The van der Waals surface area contributed by atoms with E-state index in [1.165, 1.54) is 4.90 Å². The van der Waals surface area contributed by atoms with Crippen molar-refractivity contribution in [2.45, 2.75) is 12.6 Å². The Morgan fingerprint density at radius 2 is 1.61 bits per heavy atom. The second-order valence-corrected chi connectivity index (χ2v) is 8.58. The first-order valence-electron chi connectivity index (χ1n) is 11.6. The van der Waals surface area contributed by atoms with E-state index in [2.05, 4.69) is 11.1 Å². The third-order valence-corrected chi connectivity index (χ3v) is 5.88. The van der Waals surface area contributed by atoms with Crippen LogP contribution < -0.4 is 4.90 Å². The lowest BCUT2D eigenvalue weighted by atomic mass is 10.0. The Morgan fingerprint density at radius 1 is 0.972 bits per heavy atom. The summed E-state index contributed by atoms with van der Waals surface area (Å²) in [5.74, 6) is 0.216. The highest BCUT2D eigenvalue weighted by Crippen LogP contribution is 2.25. The van der Waals surface area contributed by atoms with E-state index in [4.69, 9.17) is 10.2 Å². The van der Waals surface area contributed by atoms with E-state index in [1.807, 2.05) is 72.6 Å². The number of benzene rings is 3. The van der Waals surface area contributed by atoms with Gasteiger partial charge in [0, 0.05) is 32.4 Å². The van der Waals surface area contributed by atoms with Crippen LogP contribution in [0.5, 0.6) is 0 Å². The number of aliphatic hydroxyl groups is 1. The van der Waals surface area contributed by atoms with Gasteiger partial charge in [-0.2, -0.15) is 5.26 Å². The first-order valence-corrected chi connectivity index (χ1v) is 11.6. The summed E-state index contributed by atoms with van der Waals surface area (Å²) in [5, 5.41) is 19.7. The highest BCUT2D eigenvalue weighted by atomic mass is 16.3. The van der Waals surface area contributed by atoms with E-state index in [0.29, 0.717) is 34.9 Å². The molecule has 1 unspecified atom stereocenters. The maximum absolute atomic E-state index is 13.5. The monoisotopic (exact) mass is 477 g/mol. The number of nitrogens with zero attached hydrogens (tertiary/aromatic N) is 5. The van der Waals surface area contributed by atoms with Crippen molar-refractivity contribution in [3.05, 3.63) is 113 Å². The Bertz CT molecular complexity index is 1350. The molecular weight excluding hydrogens is 450 g/mol. The molecule has 0 saturated heterocycles. The summed E-state index contributed by atoms with van der Waals surface area (Å²) in [7, 11) is 3.55. The number of aromatic nitrogens is 2. The fourth-order valence-corrected chi connectivity index (χ4v) is 3.89. The summed E-state index contributed by atoms with van der Waals surface area (Å²) < 4.78 is 0. The zero-order valence-corrected chi connectivity index (χ0v) is 20.2. The number of amides is 1. The van der Waals surface area contributed by atoms with Crippen molar-refractivity contribution in [2.75, 3.05) is 25.5 Å². The van der Waals surface area contributed by atoms with Crippen LogP contribution in [0.3, 0.4) is 0 Å². The van der Waals surface area contributed by atoms with Crippen LogP contribution in [0, 0.1) is 11.3 Å². The predicted molar refractivity (Wildman–Crippen MR) is 139 cm³/mol. The third-order valence-electron chi connectivity index (χ3n) is 5.88. The molecule has 0 spiro atoms. The zero-order valence-electron chi connectivity index (χ0n) is 20.2. The predicted octanol–water partition coefficient (Wildman–Crippen LogP) is 4.46. The molecule has 0 saturated carbocycles. The van der Waals surface area contributed by atoms with Crippen LogP contribution in [0.15, 0.2) is 91.1 Å². The van der Waals surface area contributed by atoms with Gasteiger partial charge in [-0.15, -0.1) is 0 Å². The van der Waals surface area contributed by atoms with Crippen molar-refractivity contribution in [2.24, 2.45) is 0 Å². The molecule has 4 rings (SSSR count). The minimum atomic E-state index is -0.899. The Hall–Kier alpha value is -4.54. The highest BCUT2D eigenvalue weighted by molar-refractivity contribution is 5.99. The topological polar surface area (TPSA) is 93.3 Å². The summed E-state index contributed by atoms with van der Waals surface area (Å²) in [6.07, 6.45) is 0.656. The van der Waals surface area contributed by atoms with Gasteiger partial charge in [0.05, 0.1) is 35.5 Å². The normalized spacial score (nSPS) is 11.4. The molecule has 36 heavy (non-hydrogen) atoms. The maximum atomic E-state index is 13.5. The SMILES string of the molecule is CN(CC(O)c1ccc(C#N)cc1)C(=O)c1cnc(N(C)Cc2ccccc2)nc1-c1ccccc1. The molecule has 3 aromatic carbocycles. The van der Waals surface area contributed by atoms with Crippen LogP contribution in [-0.2, 0) is 6.54 Å². The van der Waals surface area contributed by atoms with Gasteiger partial charge in [0.1, 0.15) is 0 Å². The molecule has 0 fully saturated rings. The molecule has 4 aromatic rings. The van der Waals surface area contributed by atoms with Crippen LogP contribution in [0.4, 0.5) is 5.95 Å². The Labute approximate surface area is 210 Å². The molecule has 1 atom stereocenters. The van der Waals surface area contributed by atoms with Gasteiger partial charge in [-0.25, -0.2) is 9.97 Å². The molecule has 1 N–H and O–H groups in total. The van der Waals surface area contributed by atoms with Crippen molar-refractivity contribution in [3.63, 3.8) is 0 Å². The fourth-order valence-electron chi connectivity index (χ4n) is 3.89. The maximum Gasteiger partial charge on any atom is 0.257 e. The Morgan fingerprint density at radius 3 is 2.25 bits per heavy atom. The molecule has 7 heteroatoms. The van der Waals surface area contributed by atoms with Gasteiger partial charge in [0.25, 0.3) is 5.91 Å². The summed E-state index contributed by atoms with van der Waals surface area (Å²) in [6, 6.07) is 28.3. The fraction of sp³-hybridized carbons (Fsp3) is 0.172. The van der Waals surface area contributed by atoms with Crippen molar-refractivity contribution < 1.29 is 9.90 Å². The van der Waals surface area contributed by atoms with Gasteiger partial charge >= 0.3 is 0 Å². The minimum Gasteiger partial charge on any atom is -0.387 e. The molecule has 0 aliphatic carbocycles. The third kappa shape index (κ3) is 5.74. The second kappa shape index (κ2) is 11.3. The number of nitriles is 1. The van der Waals surface area contributed by atoms with Gasteiger partial charge in [-0.3, -0.25) is 4.79 Å². The van der Waals surface area contributed by atoms with Crippen molar-refractivity contribution in [1.29, 1.82) is 5.26 Å². The number of carbonyl (C=O) groups excluding carboxylic acids is 1. The van der Waals surface area contributed by atoms with Crippen LogP contribution in [0.2, 0.25) is 0 Å². The van der Waals surface area contributed by atoms with Crippen LogP contribution >= 0.6 is 0 Å². The van der Waals surface area contributed by atoms with E-state index in [1.54, 1.807) is 37.5 Å². The van der Waals surface area contributed by atoms with E-state index < -0.39 is 6.10 Å².